The molecule has 27 heavy (non-hydrogen) atoms. The molecule has 0 saturated heterocycles. The number of hydrogen-bond donors (Lipinski definition) is 3. The maximum atomic E-state index is 12.3. The van der Waals surface area contributed by atoms with Crippen LogP contribution in [0.25, 0.3) is 0 Å². The maximum absolute atomic E-state index is 12.3. The van der Waals surface area contributed by atoms with E-state index in [4.69, 9.17) is 33.3 Å². The third-order valence-corrected chi connectivity index (χ3v) is 4.12. The number of rotatable bonds is 5. The molecule has 2 rings (SSSR count). The summed E-state index contributed by atoms with van der Waals surface area (Å²) in [6, 6.07) is 10.4. The molecule has 0 atom stereocenters. The number of hydrazine groups is 1. The lowest BCUT2D eigenvalue weighted by molar-refractivity contribution is 0.0943. The minimum absolute atomic E-state index is 0.000955. The van der Waals surface area contributed by atoms with Gasteiger partial charge in [-0.15, -0.1) is 0 Å². The van der Waals surface area contributed by atoms with E-state index < -0.39 is 0 Å². The van der Waals surface area contributed by atoms with Gasteiger partial charge in [0.1, 0.15) is 0 Å². The van der Waals surface area contributed by atoms with Crippen LogP contribution in [0.5, 0.6) is 11.5 Å². The first-order valence-corrected chi connectivity index (χ1v) is 9.07. The van der Waals surface area contributed by atoms with Gasteiger partial charge in [-0.25, -0.2) is 0 Å². The van der Waals surface area contributed by atoms with Crippen molar-refractivity contribution in [2.24, 2.45) is 0 Å². The summed E-state index contributed by atoms with van der Waals surface area (Å²) in [5, 5.41) is 3.81. The summed E-state index contributed by atoms with van der Waals surface area (Å²) in [6.45, 7) is 5.74. The van der Waals surface area contributed by atoms with Gasteiger partial charge < -0.3 is 14.8 Å². The molecule has 0 spiro atoms. The average Bonchev–Trinajstić information content (AvgIpc) is 2.62. The highest BCUT2D eigenvalue weighted by atomic mass is 35.5. The third kappa shape index (κ3) is 6.01. The van der Waals surface area contributed by atoms with Crippen LogP contribution in [0.3, 0.4) is 0 Å². The number of ether oxygens (including phenoxy) is 2. The molecule has 0 aliphatic carbocycles. The number of carbonyl (C=O) groups is 1. The topological polar surface area (TPSA) is 71.6 Å². The number of amides is 1. The fraction of sp³-hybridized carbons (Fsp3) is 0.263. The van der Waals surface area contributed by atoms with Crippen LogP contribution in [0.15, 0.2) is 36.4 Å². The minimum atomic E-state index is -0.365. The van der Waals surface area contributed by atoms with E-state index in [-0.39, 0.29) is 17.1 Å². The molecular formula is C19H22ClN3O3S. The molecule has 0 aliphatic rings. The first-order valence-electron chi connectivity index (χ1n) is 8.28. The Morgan fingerprint density at radius 2 is 1.85 bits per heavy atom. The summed E-state index contributed by atoms with van der Waals surface area (Å²) in [6.07, 6.45) is -0.000955. The Morgan fingerprint density at radius 1 is 1.11 bits per heavy atom. The number of nitrogens with one attached hydrogen (secondary N) is 3. The van der Waals surface area contributed by atoms with Gasteiger partial charge in [-0.2, -0.15) is 0 Å². The fourth-order valence-corrected chi connectivity index (χ4v) is 2.53. The van der Waals surface area contributed by atoms with Crippen LogP contribution in [0, 0.1) is 6.92 Å². The number of carbonyl (C=O) groups excluding carboxylic acids is 1. The largest absolute Gasteiger partial charge is 0.493 e. The number of methoxy groups -OCH3 is 1. The van der Waals surface area contributed by atoms with Crippen LogP contribution in [0.4, 0.5) is 5.69 Å². The second-order valence-electron chi connectivity index (χ2n) is 6.03. The molecule has 1 amide bonds. The van der Waals surface area contributed by atoms with Gasteiger partial charge in [0.15, 0.2) is 16.6 Å². The van der Waals surface area contributed by atoms with Crippen molar-refractivity contribution in [2.45, 2.75) is 26.9 Å². The second-order valence-corrected chi connectivity index (χ2v) is 6.84. The predicted molar refractivity (Wildman–Crippen MR) is 112 cm³/mol. The number of anilines is 1. The SMILES string of the molecule is COc1cc(C(=O)NNC(=S)Nc2ccc(C)c(Cl)c2)ccc1OC(C)C. The second kappa shape index (κ2) is 9.43. The molecule has 0 unspecified atom stereocenters. The van der Waals surface area contributed by atoms with Crippen molar-refractivity contribution in [1.29, 1.82) is 0 Å². The van der Waals surface area contributed by atoms with E-state index in [1.165, 1.54) is 7.11 Å². The molecule has 0 fully saturated rings. The third-order valence-electron chi connectivity index (χ3n) is 3.51. The first kappa shape index (κ1) is 20.8. The van der Waals surface area contributed by atoms with E-state index >= 15 is 0 Å². The smallest absolute Gasteiger partial charge is 0.269 e. The lowest BCUT2D eigenvalue weighted by atomic mass is 10.2. The molecule has 2 aromatic carbocycles. The number of hydrogen-bond acceptors (Lipinski definition) is 4. The monoisotopic (exact) mass is 407 g/mol. The summed E-state index contributed by atoms with van der Waals surface area (Å²) in [4.78, 5) is 12.3. The van der Waals surface area contributed by atoms with Crippen molar-refractivity contribution in [2.75, 3.05) is 12.4 Å². The summed E-state index contributed by atoms with van der Waals surface area (Å²) in [5.74, 6) is 0.687. The van der Waals surface area contributed by atoms with Gasteiger partial charge in [0.05, 0.1) is 13.2 Å². The zero-order valence-electron chi connectivity index (χ0n) is 15.6. The Morgan fingerprint density at radius 3 is 2.48 bits per heavy atom. The maximum Gasteiger partial charge on any atom is 0.269 e. The molecule has 144 valence electrons. The van der Waals surface area contributed by atoms with Crippen molar-refractivity contribution in [1.82, 2.24) is 10.9 Å². The van der Waals surface area contributed by atoms with Gasteiger partial charge in [-0.3, -0.25) is 15.6 Å². The number of thiocarbonyl (C=S) groups is 1. The molecule has 2 aromatic rings. The summed E-state index contributed by atoms with van der Waals surface area (Å²) < 4.78 is 10.9. The van der Waals surface area contributed by atoms with E-state index in [1.54, 1.807) is 24.3 Å². The van der Waals surface area contributed by atoms with Crippen LogP contribution < -0.4 is 25.6 Å². The molecule has 0 heterocycles. The highest BCUT2D eigenvalue weighted by Gasteiger charge is 2.12. The number of halogens is 1. The lowest BCUT2D eigenvalue weighted by Gasteiger charge is -2.15. The van der Waals surface area contributed by atoms with Crippen molar-refractivity contribution in [3.63, 3.8) is 0 Å². The lowest BCUT2D eigenvalue weighted by Crippen LogP contribution is -2.43. The van der Waals surface area contributed by atoms with Crippen molar-refractivity contribution in [3.05, 3.63) is 52.5 Å². The van der Waals surface area contributed by atoms with Crippen LogP contribution >= 0.6 is 23.8 Å². The van der Waals surface area contributed by atoms with Gasteiger partial charge in [-0.05, 0) is 68.9 Å². The standard InChI is InChI=1S/C19H22ClN3O3S/c1-11(2)26-16-8-6-13(9-17(16)25-4)18(24)22-23-19(27)21-14-7-5-12(3)15(20)10-14/h5-11H,1-4H3,(H,22,24)(H2,21,23,27). The van der Waals surface area contributed by atoms with Gasteiger partial charge in [0.2, 0.25) is 0 Å². The van der Waals surface area contributed by atoms with Crippen molar-refractivity contribution in [3.8, 4) is 11.5 Å². The highest BCUT2D eigenvalue weighted by Crippen LogP contribution is 2.28. The normalized spacial score (nSPS) is 10.3. The number of aryl methyl sites for hydroxylation is 1. The highest BCUT2D eigenvalue weighted by molar-refractivity contribution is 7.80. The van der Waals surface area contributed by atoms with Crippen molar-refractivity contribution < 1.29 is 14.3 Å². The Kier molecular flexibility index (Phi) is 7.27. The molecule has 0 bridgehead atoms. The Bertz CT molecular complexity index is 843. The Labute approximate surface area is 169 Å². The quantitative estimate of drug-likeness (QED) is 0.512. The van der Waals surface area contributed by atoms with Gasteiger partial charge >= 0.3 is 0 Å². The van der Waals surface area contributed by atoms with Crippen LogP contribution in [0.2, 0.25) is 5.02 Å². The number of benzene rings is 2. The molecule has 0 aliphatic heterocycles. The van der Waals surface area contributed by atoms with Crippen molar-refractivity contribution >= 4 is 40.5 Å². The predicted octanol–water partition coefficient (Wildman–Crippen LogP) is 4.08. The molecule has 8 heteroatoms. The summed E-state index contributed by atoms with van der Waals surface area (Å²) >= 11 is 11.3. The molecule has 0 saturated carbocycles. The van der Waals surface area contributed by atoms with E-state index in [1.807, 2.05) is 32.9 Å². The minimum Gasteiger partial charge on any atom is -0.493 e. The van der Waals surface area contributed by atoms with E-state index in [0.29, 0.717) is 27.8 Å². The van der Waals surface area contributed by atoms with E-state index in [2.05, 4.69) is 16.2 Å². The Hall–Kier alpha value is -2.51. The van der Waals surface area contributed by atoms with E-state index in [9.17, 15) is 4.79 Å². The molecular weight excluding hydrogens is 386 g/mol. The molecule has 6 nitrogen and oxygen atoms in total. The fourth-order valence-electron chi connectivity index (χ4n) is 2.18. The Balaban J connectivity index is 1.96. The van der Waals surface area contributed by atoms with Crippen LogP contribution in [0.1, 0.15) is 29.8 Å². The molecule has 0 radical (unpaired) electrons. The average molecular weight is 408 g/mol. The van der Waals surface area contributed by atoms with Crippen LogP contribution in [-0.4, -0.2) is 24.2 Å². The zero-order chi connectivity index (χ0) is 20.0. The van der Waals surface area contributed by atoms with Gasteiger partial charge in [-0.1, -0.05) is 17.7 Å². The van der Waals surface area contributed by atoms with Gasteiger partial charge in [0.25, 0.3) is 5.91 Å². The molecule has 3 N–H and O–H groups in total. The zero-order valence-corrected chi connectivity index (χ0v) is 17.1. The van der Waals surface area contributed by atoms with Crippen LogP contribution in [-0.2, 0) is 0 Å². The summed E-state index contributed by atoms with van der Waals surface area (Å²) in [7, 11) is 1.52. The summed E-state index contributed by atoms with van der Waals surface area (Å²) in [5.41, 5.74) is 7.27. The first-order chi connectivity index (χ1) is 12.8. The van der Waals surface area contributed by atoms with Gasteiger partial charge in [0, 0.05) is 16.3 Å². The molecule has 0 aromatic heterocycles. The van der Waals surface area contributed by atoms with E-state index in [0.717, 1.165) is 5.56 Å².